The average molecular weight is 365 g/mol. The lowest BCUT2D eigenvalue weighted by Crippen LogP contribution is -2.52. The number of aryl methyl sites for hydroxylation is 1. The minimum atomic E-state index is -0.0225. The maximum atomic E-state index is 12.5. The van der Waals surface area contributed by atoms with E-state index in [1.54, 1.807) is 18.5 Å². The van der Waals surface area contributed by atoms with Gasteiger partial charge in [0, 0.05) is 51.7 Å². The van der Waals surface area contributed by atoms with Gasteiger partial charge in [-0.25, -0.2) is 19.7 Å². The van der Waals surface area contributed by atoms with Crippen LogP contribution in [0.25, 0.3) is 11.0 Å². The second-order valence-electron chi connectivity index (χ2n) is 6.55. The summed E-state index contributed by atoms with van der Waals surface area (Å²) in [5.41, 5.74) is 2.08. The summed E-state index contributed by atoms with van der Waals surface area (Å²) in [6.07, 6.45) is 3.48. The Bertz CT molecular complexity index is 916. The number of aromatic nitrogens is 4. The molecule has 0 radical (unpaired) electrons. The minimum absolute atomic E-state index is 0.0225. The molecule has 0 saturated carbocycles. The number of amides is 2. The van der Waals surface area contributed by atoms with Gasteiger partial charge in [-0.3, -0.25) is 0 Å². The number of piperazine rings is 1. The highest BCUT2D eigenvalue weighted by molar-refractivity contribution is 5.76. The summed E-state index contributed by atoms with van der Waals surface area (Å²) in [7, 11) is 0. The molecule has 1 aromatic carbocycles. The van der Waals surface area contributed by atoms with Crippen molar-refractivity contribution in [1.82, 2.24) is 29.7 Å². The third-order valence-electron chi connectivity index (χ3n) is 4.86. The number of nitrogens with one attached hydrogen (secondary N) is 1. The lowest BCUT2D eigenvalue weighted by molar-refractivity contribution is 0.194. The van der Waals surface area contributed by atoms with Crippen LogP contribution in [0, 0.1) is 6.92 Å². The Morgan fingerprint density at radius 1 is 1.07 bits per heavy atom. The van der Waals surface area contributed by atoms with Crippen molar-refractivity contribution in [3.05, 3.63) is 48.5 Å². The number of para-hydroxylation sites is 2. The number of benzene rings is 1. The molecule has 0 unspecified atom stereocenters. The summed E-state index contributed by atoms with van der Waals surface area (Å²) in [5, 5.41) is 3.03. The molecule has 1 N–H and O–H groups in total. The first-order chi connectivity index (χ1) is 13.2. The molecule has 0 spiro atoms. The van der Waals surface area contributed by atoms with Gasteiger partial charge in [-0.15, -0.1) is 0 Å². The summed E-state index contributed by atoms with van der Waals surface area (Å²) in [5.74, 6) is 1.68. The van der Waals surface area contributed by atoms with Gasteiger partial charge in [-0.2, -0.15) is 0 Å². The van der Waals surface area contributed by atoms with Crippen molar-refractivity contribution in [3.8, 4) is 0 Å². The van der Waals surface area contributed by atoms with Gasteiger partial charge in [-0.1, -0.05) is 12.1 Å². The van der Waals surface area contributed by atoms with E-state index in [9.17, 15) is 4.79 Å². The largest absolute Gasteiger partial charge is 0.337 e. The van der Waals surface area contributed by atoms with Crippen LogP contribution < -0.4 is 10.2 Å². The van der Waals surface area contributed by atoms with Crippen molar-refractivity contribution in [1.29, 1.82) is 0 Å². The molecule has 1 saturated heterocycles. The third-order valence-corrected chi connectivity index (χ3v) is 4.86. The molecule has 8 nitrogen and oxygen atoms in total. The number of anilines is 1. The Kier molecular flexibility index (Phi) is 4.86. The lowest BCUT2D eigenvalue weighted by Gasteiger charge is -2.34. The van der Waals surface area contributed by atoms with E-state index in [4.69, 9.17) is 0 Å². The molecule has 2 aromatic heterocycles. The molecule has 4 rings (SSSR count). The Hall–Kier alpha value is -3.16. The lowest BCUT2D eigenvalue weighted by atomic mass is 10.3. The van der Waals surface area contributed by atoms with E-state index >= 15 is 0 Å². The zero-order valence-corrected chi connectivity index (χ0v) is 15.4. The first-order valence-electron chi connectivity index (χ1n) is 9.19. The van der Waals surface area contributed by atoms with Crippen molar-refractivity contribution in [2.75, 3.05) is 37.6 Å². The van der Waals surface area contributed by atoms with E-state index in [0.29, 0.717) is 26.2 Å². The Morgan fingerprint density at radius 2 is 1.81 bits per heavy atom. The molecule has 3 aromatic rings. The number of hydrogen-bond acceptors (Lipinski definition) is 5. The smallest absolute Gasteiger partial charge is 0.317 e. The fourth-order valence-corrected chi connectivity index (χ4v) is 3.43. The Labute approximate surface area is 157 Å². The molecule has 0 atom stereocenters. The fraction of sp³-hybridized carbons (Fsp3) is 0.368. The van der Waals surface area contributed by atoms with Crippen LogP contribution in [0.15, 0.2) is 42.7 Å². The van der Waals surface area contributed by atoms with Gasteiger partial charge in [-0.05, 0) is 25.1 Å². The zero-order chi connectivity index (χ0) is 18.6. The Morgan fingerprint density at radius 3 is 2.59 bits per heavy atom. The highest BCUT2D eigenvalue weighted by Crippen LogP contribution is 2.15. The third kappa shape index (κ3) is 3.69. The van der Waals surface area contributed by atoms with Crippen LogP contribution in [0.3, 0.4) is 0 Å². The first-order valence-corrected chi connectivity index (χ1v) is 9.19. The van der Waals surface area contributed by atoms with E-state index in [1.165, 1.54) is 0 Å². The molecular weight excluding hydrogens is 342 g/mol. The van der Waals surface area contributed by atoms with Crippen molar-refractivity contribution in [2.24, 2.45) is 0 Å². The van der Waals surface area contributed by atoms with Crippen LogP contribution in [-0.2, 0) is 6.54 Å². The van der Waals surface area contributed by atoms with Crippen molar-refractivity contribution < 1.29 is 4.79 Å². The van der Waals surface area contributed by atoms with Crippen molar-refractivity contribution in [3.63, 3.8) is 0 Å². The van der Waals surface area contributed by atoms with Crippen LogP contribution in [0.1, 0.15) is 5.82 Å². The topological polar surface area (TPSA) is 79.2 Å². The molecule has 1 fully saturated rings. The maximum absolute atomic E-state index is 12.5. The molecule has 140 valence electrons. The number of imidazole rings is 1. The predicted molar refractivity (Wildman–Crippen MR) is 104 cm³/mol. The van der Waals surface area contributed by atoms with Gasteiger partial charge in [0.05, 0.1) is 11.0 Å². The second kappa shape index (κ2) is 7.61. The standard InChI is InChI=1S/C19H23N7O/c1-15-23-16-5-2-3-6-17(16)26(15)10-9-22-19(27)25-13-11-24(12-14-25)18-20-7-4-8-21-18/h2-8H,9-14H2,1H3,(H,22,27). The molecule has 27 heavy (non-hydrogen) atoms. The summed E-state index contributed by atoms with van der Waals surface area (Å²) in [4.78, 5) is 29.5. The summed E-state index contributed by atoms with van der Waals surface area (Å²) in [6.45, 7) is 6.07. The molecule has 0 aliphatic carbocycles. The van der Waals surface area contributed by atoms with Crippen LogP contribution in [0.4, 0.5) is 10.7 Å². The van der Waals surface area contributed by atoms with Gasteiger partial charge >= 0.3 is 6.03 Å². The van der Waals surface area contributed by atoms with Gasteiger partial charge < -0.3 is 19.7 Å². The van der Waals surface area contributed by atoms with Crippen molar-refractivity contribution in [2.45, 2.75) is 13.5 Å². The van der Waals surface area contributed by atoms with E-state index in [0.717, 1.165) is 35.9 Å². The molecule has 1 aliphatic heterocycles. The average Bonchev–Trinajstić information content (AvgIpc) is 3.04. The van der Waals surface area contributed by atoms with Crippen LogP contribution in [0.5, 0.6) is 0 Å². The number of carbonyl (C=O) groups excluding carboxylic acids is 1. The van der Waals surface area contributed by atoms with E-state index in [1.807, 2.05) is 30.0 Å². The predicted octanol–water partition coefficient (Wildman–Crippen LogP) is 1.67. The monoisotopic (exact) mass is 365 g/mol. The fourth-order valence-electron chi connectivity index (χ4n) is 3.43. The van der Waals surface area contributed by atoms with E-state index in [-0.39, 0.29) is 6.03 Å². The van der Waals surface area contributed by atoms with Crippen LogP contribution >= 0.6 is 0 Å². The van der Waals surface area contributed by atoms with Gasteiger partial charge in [0.15, 0.2) is 0 Å². The second-order valence-corrected chi connectivity index (χ2v) is 6.55. The van der Waals surface area contributed by atoms with Crippen LogP contribution in [-0.4, -0.2) is 63.2 Å². The highest BCUT2D eigenvalue weighted by Gasteiger charge is 2.22. The molecule has 2 amide bonds. The van der Waals surface area contributed by atoms with Gasteiger partial charge in [0.1, 0.15) is 5.82 Å². The number of urea groups is 1. The van der Waals surface area contributed by atoms with E-state index < -0.39 is 0 Å². The first kappa shape index (κ1) is 17.3. The molecule has 8 heteroatoms. The summed E-state index contributed by atoms with van der Waals surface area (Å²) < 4.78 is 2.14. The number of nitrogens with zero attached hydrogens (tertiary/aromatic N) is 6. The quantitative estimate of drug-likeness (QED) is 0.761. The molecular formula is C19H23N7O. The SMILES string of the molecule is Cc1nc2ccccc2n1CCNC(=O)N1CCN(c2ncccn2)CC1. The number of hydrogen-bond donors (Lipinski definition) is 1. The van der Waals surface area contributed by atoms with Crippen LogP contribution in [0.2, 0.25) is 0 Å². The summed E-state index contributed by atoms with van der Waals surface area (Å²) >= 11 is 0. The number of carbonyl (C=O) groups is 1. The van der Waals surface area contributed by atoms with Crippen molar-refractivity contribution >= 4 is 23.0 Å². The van der Waals surface area contributed by atoms with Gasteiger partial charge in [0.25, 0.3) is 0 Å². The normalized spacial score (nSPS) is 14.6. The van der Waals surface area contributed by atoms with E-state index in [2.05, 4.69) is 35.8 Å². The maximum Gasteiger partial charge on any atom is 0.317 e. The molecule has 1 aliphatic rings. The molecule has 0 bridgehead atoms. The van der Waals surface area contributed by atoms with Gasteiger partial charge in [0.2, 0.25) is 5.95 Å². The minimum Gasteiger partial charge on any atom is -0.337 e. The number of fused-ring (bicyclic) bond motifs is 1. The number of rotatable bonds is 4. The molecule has 3 heterocycles. The zero-order valence-electron chi connectivity index (χ0n) is 15.4. The Balaban J connectivity index is 1.28. The summed E-state index contributed by atoms with van der Waals surface area (Å²) in [6, 6.07) is 9.84. The highest BCUT2D eigenvalue weighted by atomic mass is 16.2.